The van der Waals surface area contributed by atoms with Crippen LogP contribution in [0.25, 0.3) is 0 Å². The monoisotopic (exact) mass is 306 g/mol. The Morgan fingerprint density at radius 2 is 2.14 bits per heavy atom. The van der Waals surface area contributed by atoms with Crippen molar-refractivity contribution in [2.45, 2.75) is 58.6 Å². The number of aromatic nitrogens is 3. The van der Waals surface area contributed by atoms with Crippen molar-refractivity contribution < 1.29 is 9.53 Å². The maximum Gasteiger partial charge on any atom is 0.251 e. The Hall–Kier alpha value is -1.43. The molecule has 0 unspecified atom stereocenters. The van der Waals surface area contributed by atoms with Gasteiger partial charge in [-0.1, -0.05) is 0 Å². The zero-order chi connectivity index (χ0) is 15.7. The van der Waals surface area contributed by atoms with Gasteiger partial charge in [-0.2, -0.15) is 5.10 Å². The van der Waals surface area contributed by atoms with Gasteiger partial charge in [0.1, 0.15) is 17.8 Å². The van der Waals surface area contributed by atoms with Crippen molar-refractivity contribution in [1.29, 1.82) is 0 Å². The smallest absolute Gasteiger partial charge is 0.251 e. The van der Waals surface area contributed by atoms with Crippen molar-refractivity contribution in [2.24, 2.45) is 5.92 Å². The summed E-state index contributed by atoms with van der Waals surface area (Å²) in [5.41, 5.74) is 0. The van der Waals surface area contributed by atoms with Crippen LogP contribution >= 0.6 is 0 Å². The number of carbonyl (C=O) groups is 1. The zero-order valence-corrected chi connectivity index (χ0v) is 13.8. The first kappa shape index (κ1) is 15.5. The highest BCUT2D eigenvalue weighted by Gasteiger charge is 2.30. The minimum atomic E-state index is -0.335. The van der Waals surface area contributed by atoms with Crippen LogP contribution in [0, 0.1) is 19.8 Å². The van der Waals surface area contributed by atoms with Gasteiger partial charge in [-0.15, -0.1) is 0 Å². The number of likely N-dealkylation sites (tertiary alicyclic amines) is 1. The minimum absolute atomic E-state index is 0.111. The third-order valence-electron chi connectivity index (χ3n) is 4.59. The van der Waals surface area contributed by atoms with Gasteiger partial charge in [-0.05, 0) is 52.4 Å². The number of amides is 1. The molecular formula is C16H26N4O2. The molecular weight excluding hydrogens is 280 g/mol. The maximum absolute atomic E-state index is 12.6. The number of nitrogens with zero attached hydrogens (tertiary/aromatic N) is 4. The third kappa shape index (κ3) is 3.48. The second-order valence-electron chi connectivity index (χ2n) is 6.65. The van der Waals surface area contributed by atoms with Crippen molar-refractivity contribution in [3.63, 3.8) is 0 Å². The molecule has 1 amide bonds. The second-order valence-corrected chi connectivity index (χ2v) is 6.65. The highest BCUT2D eigenvalue weighted by Crippen LogP contribution is 2.29. The van der Waals surface area contributed by atoms with Crippen LogP contribution < -0.4 is 0 Å². The molecule has 2 heterocycles. The molecule has 0 aromatic carbocycles. The molecule has 6 heteroatoms. The van der Waals surface area contributed by atoms with E-state index in [1.54, 1.807) is 0 Å². The van der Waals surface area contributed by atoms with E-state index >= 15 is 0 Å². The van der Waals surface area contributed by atoms with Gasteiger partial charge < -0.3 is 9.64 Å². The highest BCUT2D eigenvalue weighted by atomic mass is 16.5. The SMILES string of the molecule is Cc1nc(C)n([C@H]2CCCN(C(=O)[C@@H](C)OCC3CC3)C2)n1. The predicted molar refractivity (Wildman–Crippen MR) is 82.5 cm³/mol. The van der Waals surface area contributed by atoms with E-state index in [4.69, 9.17) is 4.74 Å². The summed E-state index contributed by atoms with van der Waals surface area (Å²) in [4.78, 5) is 18.9. The average Bonchev–Trinajstić information content (AvgIpc) is 3.28. The molecule has 1 saturated heterocycles. The number of ether oxygens (including phenoxy) is 1. The first-order valence-corrected chi connectivity index (χ1v) is 8.34. The van der Waals surface area contributed by atoms with Gasteiger partial charge >= 0.3 is 0 Å². The molecule has 3 rings (SSSR count). The van der Waals surface area contributed by atoms with E-state index in [9.17, 15) is 4.79 Å². The van der Waals surface area contributed by atoms with Crippen LogP contribution in [0.2, 0.25) is 0 Å². The summed E-state index contributed by atoms with van der Waals surface area (Å²) in [7, 11) is 0. The van der Waals surface area contributed by atoms with Gasteiger partial charge in [-0.25, -0.2) is 9.67 Å². The standard InChI is InChI=1S/C16H26N4O2/c1-11(22-10-14-6-7-14)16(21)19-8-4-5-15(9-19)20-13(3)17-12(2)18-20/h11,14-15H,4-10H2,1-3H3/t11-,15+/m1/s1. The molecule has 1 aromatic rings. The van der Waals surface area contributed by atoms with Gasteiger partial charge in [0.2, 0.25) is 0 Å². The molecule has 1 aliphatic heterocycles. The second kappa shape index (κ2) is 6.36. The van der Waals surface area contributed by atoms with Gasteiger partial charge in [0.15, 0.2) is 0 Å². The molecule has 2 aliphatic rings. The molecule has 0 bridgehead atoms. The van der Waals surface area contributed by atoms with Crippen molar-refractivity contribution in [1.82, 2.24) is 19.7 Å². The number of aryl methyl sites for hydroxylation is 2. The molecule has 1 aromatic heterocycles. The molecule has 1 saturated carbocycles. The molecule has 0 spiro atoms. The van der Waals surface area contributed by atoms with Gasteiger partial charge in [0.05, 0.1) is 12.6 Å². The highest BCUT2D eigenvalue weighted by molar-refractivity contribution is 5.80. The Kier molecular flexibility index (Phi) is 4.47. The molecule has 2 atom stereocenters. The normalized spacial score (nSPS) is 23.6. The fourth-order valence-corrected chi connectivity index (χ4v) is 3.13. The third-order valence-corrected chi connectivity index (χ3v) is 4.59. The summed E-state index contributed by atoms with van der Waals surface area (Å²) in [5.74, 6) is 2.52. The molecule has 2 fully saturated rings. The number of piperidine rings is 1. The van der Waals surface area contributed by atoms with Crippen molar-refractivity contribution >= 4 is 5.91 Å². The Morgan fingerprint density at radius 1 is 1.36 bits per heavy atom. The maximum atomic E-state index is 12.6. The van der Waals surface area contributed by atoms with E-state index in [1.807, 2.05) is 30.4 Å². The van der Waals surface area contributed by atoms with Crippen LogP contribution in [0.4, 0.5) is 0 Å². The Balaban J connectivity index is 1.59. The fraction of sp³-hybridized carbons (Fsp3) is 0.812. The summed E-state index contributed by atoms with van der Waals surface area (Å²) in [6.07, 6.45) is 4.21. The van der Waals surface area contributed by atoms with Crippen molar-refractivity contribution in [3.8, 4) is 0 Å². The lowest BCUT2D eigenvalue weighted by Gasteiger charge is -2.34. The summed E-state index contributed by atoms with van der Waals surface area (Å²) >= 11 is 0. The number of hydrogen-bond acceptors (Lipinski definition) is 4. The zero-order valence-electron chi connectivity index (χ0n) is 13.8. The van der Waals surface area contributed by atoms with Crippen LogP contribution in [-0.2, 0) is 9.53 Å². The van der Waals surface area contributed by atoms with Crippen LogP contribution in [0.1, 0.15) is 50.3 Å². The largest absolute Gasteiger partial charge is 0.368 e. The Bertz CT molecular complexity index is 538. The first-order chi connectivity index (χ1) is 10.5. The van der Waals surface area contributed by atoms with Crippen LogP contribution in [-0.4, -0.2) is 51.4 Å². The average molecular weight is 306 g/mol. The number of hydrogen-bond donors (Lipinski definition) is 0. The van der Waals surface area contributed by atoms with Crippen LogP contribution in [0.3, 0.4) is 0 Å². The van der Waals surface area contributed by atoms with Crippen molar-refractivity contribution in [2.75, 3.05) is 19.7 Å². The van der Waals surface area contributed by atoms with E-state index in [2.05, 4.69) is 10.1 Å². The number of carbonyl (C=O) groups excluding carboxylic acids is 1. The van der Waals surface area contributed by atoms with Gasteiger partial charge in [0, 0.05) is 13.1 Å². The summed E-state index contributed by atoms with van der Waals surface area (Å²) in [6.45, 7) is 8.01. The van der Waals surface area contributed by atoms with Crippen molar-refractivity contribution in [3.05, 3.63) is 11.6 Å². The molecule has 0 N–H and O–H groups in total. The van der Waals surface area contributed by atoms with Gasteiger partial charge in [0.25, 0.3) is 5.91 Å². The minimum Gasteiger partial charge on any atom is -0.368 e. The molecule has 122 valence electrons. The Labute approximate surface area is 131 Å². The van der Waals surface area contributed by atoms with E-state index in [0.717, 1.165) is 37.6 Å². The quantitative estimate of drug-likeness (QED) is 0.833. The van der Waals surface area contributed by atoms with Gasteiger partial charge in [-0.3, -0.25) is 4.79 Å². The molecule has 1 aliphatic carbocycles. The molecule has 0 radical (unpaired) electrons. The van der Waals surface area contributed by atoms with E-state index < -0.39 is 0 Å². The predicted octanol–water partition coefficient (Wildman–Crippen LogP) is 1.87. The lowest BCUT2D eigenvalue weighted by atomic mass is 10.1. The summed E-state index contributed by atoms with van der Waals surface area (Å²) in [6, 6.07) is 0.231. The molecule has 6 nitrogen and oxygen atoms in total. The van der Waals surface area contributed by atoms with E-state index in [-0.39, 0.29) is 18.1 Å². The topological polar surface area (TPSA) is 60.2 Å². The van der Waals surface area contributed by atoms with Crippen LogP contribution in [0.5, 0.6) is 0 Å². The Morgan fingerprint density at radius 3 is 2.77 bits per heavy atom. The van der Waals surface area contributed by atoms with E-state index in [0.29, 0.717) is 12.5 Å². The summed E-state index contributed by atoms with van der Waals surface area (Å²) < 4.78 is 7.70. The van der Waals surface area contributed by atoms with Crippen LogP contribution in [0.15, 0.2) is 0 Å². The lowest BCUT2D eigenvalue weighted by Crippen LogP contribution is -2.45. The lowest BCUT2D eigenvalue weighted by molar-refractivity contribution is -0.144. The summed E-state index contributed by atoms with van der Waals surface area (Å²) in [5, 5.41) is 4.48. The number of rotatable bonds is 5. The first-order valence-electron chi connectivity index (χ1n) is 8.34. The van der Waals surface area contributed by atoms with E-state index in [1.165, 1.54) is 12.8 Å². The molecule has 22 heavy (non-hydrogen) atoms. The fourth-order valence-electron chi connectivity index (χ4n) is 3.13.